The second kappa shape index (κ2) is 6.57. The van der Waals surface area contributed by atoms with Gasteiger partial charge >= 0.3 is 0 Å². The maximum absolute atomic E-state index is 12.1. The summed E-state index contributed by atoms with van der Waals surface area (Å²) in [5.41, 5.74) is 1.39. The van der Waals surface area contributed by atoms with E-state index >= 15 is 0 Å². The summed E-state index contributed by atoms with van der Waals surface area (Å²) < 4.78 is 0.994. The molecule has 0 saturated heterocycles. The molecule has 6 heteroatoms. The molecule has 1 heterocycles. The second-order valence-electron chi connectivity index (χ2n) is 4.24. The van der Waals surface area contributed by atoms with E-state index in [2.05, 4.69) is 26.2 Å². The van der Waals surface area contributed by atoms with Crippen LogP contribution in [0.25, 0.3) is 0 Å². The molecule has 1 aromatic carbocycles. The van der Waals surface area contributed by atoms with Crippen molar-refractivity contribution in [2.75, 3.05) is 0 Å². The molecule has 0 aliphatic rings. The van der Waals surface area contributed by atoms with Crippen LogP contribution in [0.4, 0.5) is 0 Å². The van der Waals surface area contributed by atoms with Crippen molar-refractivity contribution in [3.8, 4) is 0 Å². The average Bonchev–Trinajstić information content (AvgIpc) is 2.42. The lowest BCUT2D eigenvalue weighted by molar-refractivity contribution is 0.0939. The van der Waals surface area contributed by atoms with Gasteiger partial charge in [0.25, 0.3) is 5.91 Å². The van der Waals surface area contributed by atoms with Gasteiger partial charge in [-0.3, -0.25) is 4.79 Å². The highest BCUT2D eigenvalue weighted by molar-refractivity contribution is 9.10. The van der Waals surface area contributed by atoms with Crippen LogP contribution in [0.1, 0.15) is 28.9 Å². The molecule has 0 aliphatic carbocycles. The molecule has 0 spiro atoms. The van der Waals surface area contributed by atoms with Crippen molar-refractivity contribution in [1.82, 2.24) is 10.3 Å². The lowest BCUT2D eigenvalue weighted by Crippen LogP contribution is -2.26. The summed E-state index contributed by atoms with van der Waals surface area (Å²) in [6.07, 6.45) is 1.40. The predicted molar refractivity (Wildman–Crippen MR) is 84.3 cm³/mol. The van der Waals surface area contributed by atoms with Crippen LogP contribution >= 0.6 is 39.1 Å². The molecular weight excluding hydrogens is 363 g/mol. The number of aromatic nitrogens is 1. The maximum atomic E-state index is 12.1. The minimum Gasteiger partial charge on any atom is -0.345 e. The smallest absolute Gasteiger partial charge is 0.253 e. The van der Waals surface area contributed by atoms with Gasteiger partial charge in [0.15, 0.2) is 0 Å². The van der Waals surface area contributed by atoms with Crippen molar-refractivity contribution in [3.63, 3.8) is 0 Å². The van der Waals surface area contributed by atoms with Crippen LogP contribution in [0.15, 0.2) is 41.0 Å². The van der Waals surface area contributed by atoms with Crippen LogP contribution in [0, 0.1) is 0 Å². The standard InChI is InChI=1S/C14H11BrCl2N2O/c1-8(9-2-4-11(15)5-3-9)19-14(20)10-6-12(16)13(17)18-7-10/h2-8H,1H3,(H,19,20). The van der Waals surface area contributed by atoms with E-state index in [4.69, 9.17) is 23.2 Å². The van der Waals surface area contributed by atoms with Gasteiger partial charge in [-0.15, -0.1) is 0 Å². The van der Waals surface area contributed by atoms with Crippen LogP contribution in [0.5, 0.6) is 0 Å². The molecule has 0 fully saturated rings. The van der Waals surface area contributed by atoms with Gasteiger partial charge in [-0.2, -0.15) is 0 Å². The number of carbonyl (C=O) groups is 1. The molecule has 1 atom stereocenters. The fourth-order valence-corrected chi connectivity index (χ4v) is 2.19. The largest absolute Gasteiger partial charge is 0.345 e. The van der Waals surface area contributed by atoms with Gasteiger partial charge in [-0.1, -0.05) is 51.3 Å². The van der Waals surface area contributed by atoms with Crippen molar-refractivity contribution in [2.24, 2.45) is 0 Å². The molecule has 2 aromatic rings. The minimum absolute atomic E-state index is 0.120. The molecular formula is C14H11BrCl2N2O. The first-order chi connectivity index (χ1) is 9.47. The number of amides is 1. The van der Waals surface area contributed by atoms with E-state index in [0.717, 1.165) is 10.0 Å². The molecule has 0 bridgehead atoms. The normalized spacial score (nSPS) is 12.0. The van der Waals surface area contributed by atoms with Crippen molar-refractivity contribution in [3.05, 3.63) is 62.3 Å². The quantitative estimate of drug-likeness (QED) is 0.796. The van der Waals surface area contributed by atoms with Gasteiger partial charge in [0.05, 0.1) is 16.6 Å². The van der Waals surface area contributed by atoms with Gasteiger partial charge in [0.1, 0.15) is 5.15 Å². The Morgan fingerprint density at radius 2 is 1.95 bits per heavy atom. The van der Waals surface area contributed by atoms with Crippen LogP contribution in [-0.2, 0) is 0 Å². The lowest BCUT2D eigenvalue weighted by atomic mass is 10.1. The minimum atomic E-state index is -0.244. The lowest BCUT2D eigenvalue weighted by Gasteiger charge is -2.14. The number of benzene rings is 1. The zero-order valence-corrected chi connectivity index (χ0v) is 13.6. The van der Waals surface area contributed by atoms with Gasteiger partial charge in [-0.05, 0) is 30.7 Å². The van der Waals surface area contributed by atoms with E-state index < -0.39 is 0 Å². The van der Waals surface area contributed by atoms with Crippen LogP contribution in [0.2, 0.25) is 10.2 Å². The van der Waals surface area contributed by atoms with E-state index in [1.165, 1.54) is 12.3 Å². The van der Waals surface area contributed by atoms with Crippen LogP contribution in [0.3, 0.4) is 0 Å². The van der Waals surface area contributed by atoms with E-state index in [0.29, 0.717) is 5.56 Å². The molecule has 0 saturated carbocycles. The highest BCUT2D eigenvalue weighted by Gasteiger charge is 2.13. The van der Waals surface area contributed by atoms with Gasteiger partial charge in [0.2, 0.25) is 0 Å². The Balaban J connectivity index is 2.10. The monoisotopic (exact) mass is 372 g/mol. The Morgan fingerprint density at radius 1 is 1.30 bits per heavy atom. The molecule has 20 heavy (non-hydrogen) atoms. The Kier molecular flexibility index (Phi) is 5.02. The third-order valence-corrected chi connectivity index (χ3v) is 3.99. The van der Waals surface area contributed by atoms with Gasteiger partial charge in [0, 0.05) is 10.7 Å². The molecule has 1 unspecified atom stereocenters. The summed E-state index contributed by atoms with van der Waals surface area (Å²) in [4.78, 5) is 16.0. The number of carbonyl (C=O) groups excluding carboxylic acids is 1. The topological polar surface area (TPSA) is 42.0 Å². The summed E-state index contributed by atoms with van der Waals surface area (Å²) in [6.45, 7) is 1.91. The summed E-state index contributed by atoms with van der Waals surface area (Å²) in [5.74, 6) is -0.244. The molecule has 1 aromatic heterocycles. The van der Waals surface area contributed by atoms with Crippen LogP contribution in [-0.4, -0.2) is 10.9 Å². The molecule has 1 amide bonds. The third kappa shape index (κ3) is 3.72. The molecule has 0 radical (unpaired) electrons. The fourth-order valence-electron chi connectivity index (χ4n) is 1.66. The number of nitrogens with one attached hydrogen (secondary N) is 1. The molecule has 2 rings (SSSR count). The molecule has 0 aliphatic heterocycles. The van der Waals surface area contributed by atoms with Crippen LogP contribution < -0.4 is 5.32 Å². The summed E-state index contributed by atoms with van der Waals surface area (Å²) in [6, 6.07) is 9.13. The van der Waals surface area contributed by atoms with Gasteiger partial charge < -0.3 is 5.32 Å². The average molecular weight is 374 g/mol. The summed E-state index contributed by atoms with van der Waals surface area (Å²) >= 11 is 14.9. The highest BCUT2D eigenvalue weighted by atomic mass is 79.9. The Bertz CT molecular complexity index is 632. The number of halogens is 3. The number of nitrogens with zero attached hydrogens (tertiary/aromatic N) is 1. The van der Waals surface area contributed by atoms with E-state index in [1.807, 2.05) is 31.2 Å². The van der Waals surface area contributed by atoms with Crippen molar-refractivity contribution in [2.45, 2.75) is 13.0 Å². The van der Waals surface area contributed by atoms with E-state index in [9.17, 15) is 4.79 Å². The Labute approximate surface area is 135 Å². The Morgan fingerprint density at radius 3 is 2.55 bits per heavy atom. The number of hydrogen-bond acceptors (Lipinski definition) is 2. The molecule has 1 N–H and O–H groups in total. The molecule has 104 valence electrons. The van der Waals surface area contributed by atoms with Gasteiger partial charge in [-0.25, -0.2) is 4.98 Å². The predicted octanol–water partition coefficient (Wildman–Crippen LogP) is 4.64. The highest BCUT2D eigenvalue weighted by Crippen LogP contribution is 2.21. The van der Waals surface area contributed by atoms with Crippen molar-refractivity contribution < 1.29 is 4.79 Å². The number of rotatable bonds is 3. The second-order valence-corrected chi connectivity index (χ2v) is 5.92. The van der Waals surface area contributed by atoms with Crippen molar-refractivity contribution in [1.29, 1.82) is 0 Å². The maximum Gasteiger partial charge on any atom is 0.253 e. The zero-order chi connectivity index (χ0) is 14.7. The number of hydrogen-bond donors (Lipinski definition) is 1. The van der Waals surface area contributed by atoms with E-state index in [1.54, 1.807) is 0 Å². The SMILES string of the molecule is CC(NC(=O)c1cnc(Cl)c(Cl)c1)c1ccc(Br)cc1. The van der Waals surface area contributed by atoms with Crippen molar-refractivity contribution >= 4 is 45.0 Å². The molecule has 3 nitrogen and oxygen atoms in total. The summed E-state index contributed by atoms with van der Waals surface area (Å²) in [7, 11) is 0. The number of pyridine rings is 1. The van der Waals surface area contributed by atoms with E-state index in [-0.39, 0.29) is 22.1 Å². The Hall–Kier alpha value is -1.10. The third-order valence-electron chi connectivity index (χ3n) is 2.78. The first-order valence-corrected chi connectivity index (χ1v) is 7.39. The zero-order valence-electron chi connectivity index (χ0n) is 10.5. The summed E-state index contributed by atoms with van der Waals surface area (Å²) in [5, 5.41) is 3.33. The first kappa shape index (κ1) is 15.3. The fraction of sp³-hybridized carbons (Fsp3) is 0.143. The first-order valence-electron chi connectivity index (χ1n) is 5.84.